The van der Waals surface area contributed by atoms with E-state index in [9.17, 15) is 9.59 Å². The summed E-state index contributed by atoms with van der Waals surface area (Å²) in [5.41, 5.74) is 5.04. The number of likely N-dealkylation sites (tertiary alicyclic amines) is 1. The molecule has 0 spiro atoms. The van der Waals surface area contributed by atoms with Crippen molar-refractivity contribution < 1.29 is 9.59 Å². The predicted molar refractivity (Wildman–Crippen MR) is 66.4 cm³/mol. The zero-order valence-corrected chi connectivity index (χ0v) is 11.1. The predicted octanol–water partition coefficient (Wildman–Crippen LogP) is 1.08. The minimum absolute atomic E-state index is 0.115. The molecule has 2 atom stereocenters. The van der Waals surface area contributed by atoms with Crippen molar-refractivity contribution in [1.82, 2.24) is 10.2 Å². The van der Waals surface area contributed by atoms with Gasteiger partial charge in [0.1, 0.15) is 0 Å². The van der Waals surface area contributed by atoms with Gasteiger partial charge in [-0.1, -0.05) is 0 Å². The van der Waals surface area contributed by atoms with Crippen LogP contribution in [0.3, 0.4) is 0 Å². The van der Waals surface area contributed by atoms with Gasteiger partial charge >= 0.3 is 6.03 Å². The van der Waals surface area contributed by atoms with Gasteiger partial charge in [0.2, 0.25) is 5.91 Å². The zero-order valence-electron chi connectivity index (χ0n) is 11.1. The van der Waals surface area contributed by atoms with Crippen LogP contribution in [0.1, 0.15) is 40.5 Å². The highest BCUT2D eigenvalue weighted by Crippen LogP contribution is 2.22. The lowest BCUT2D eigenvalue weighted by atomic mass is 9.93. The zero-order chi connectivity index (χ0) is 13.2. The highest BCUT2D eigenvalue weighted by molar-refractivity contribution is 5.79. The number of primary amides is 1. The van der Waals surface area contributed by atoms with E-state index in [4.69, 9.17) is 5.73 Å². The van der Waals surface area contributed by atoms with Crippen LogP contribution in [0.15, 0.2) is 0 Å². The molecular weight excluding hydrogens is 218 g/mol. The summed E-state index contributed by atoms with van der Waals surface area (Å²) in [6.07, 6.45) is 1.60. The summed E-state index contributed by atoms with van der Waals surface area (Å²) in [4.78, 5) is 24.9. The third-order valence-corrected chi connectivity index (χ3v) is 3.03. The van der Waals surface area contributed by atoms with Gasteiger partial charge in [0.25, 0.3) is 0 Å². The van der Waals surface area contributed by atoms with E-state index in [1.165, 1.54) is 0 Å². The van der Waals surface area contributed by atoms with Gasteiger partial charge in [0.15, 0.2) is 0 Å². The molecule has 1 aliphatic heterocycles. The Morgan fingerprint density at radius 1 is 1.29 bits per heavy atom. The van der Waals surface area contributed by atoms with Crippen molar-refractivity contribution >= 4 is 11.9 Å². The lowest BCUT2D eigenvalue weighted by Gasteiger charge is -2.38. The topological polar surface area (TPSA) is 75.4 Å². The Morgan fingerprint density at radius 3 is 2.35 bits per heavy atom. The molecule has 1 rings (SSSR count). The van der Waals surface area contributed by atoms with Gasteiger partial charge < -0.3 is 16.0 Å². The SMILES string of the molecule is CC1CCC(C(N)=O)CN1C(=O)NC(C)(C)C. The summed E-state index contributed by atoms with van der Waals surface area (Å²) in [7, 11) is 0. The molecule has 0 aliphatic carbocycles. The van der Waals surface area contributed by atoms with Crippen molar-refractivity contribution in [3.63, 3.8) is 0 Å². The van der Waals surface area contributed by atoms with Gasteiger partial charge in [0.05, 0.1) is 5.92 Å². The first-order chi connectivity index (χ1) is 7.70. The maximum atomic E-state index is 12.1. The molecule has 1 fully saturated rings. The van der Waals surface area contributed by atoms with Crippen molar-refractivity contribution in [1.29, 1.82) is 0 Å². The number of hydrogen-bond donors (Lipinski definition) is 2. The summed E-state index contributed by atoms with van der Waals surface area (Å²) in [6, 6.07) is 0.0453. The van der Waals surface area contributed by atoms with E-state index in [1.807, 2.05) is 27.7 Å². The normalized spacial score (nSPS) is 25.5. The number of hydrogen-bond acceptors (Lipinski definition) is 2. The minimum Gasteiger partial charge on any atom is -0.369 e. The molecule has 0 aromatic heterocycles. The molecule has 0 aromatic rings. The lowest BCUT2D eigenvalue weighted by molar-refractivity contribution is -0.123. The number of piperidine rings is 1. The average molecular weight is 241 g/mol. The monoisotopic (exact) mass is 241 g/mol. The van der Waals surface area contributed by atoms with Crippen molar-refractivity contribution in [2.24, 2.45) is 11.7 Å². The van der Waals surface area contributed by atoms with Crippen LogP contribution in [0, 0.1) is 5.92 Å². The van der Waals surface area contributed by atoms with Crippen LogP contribution < -0.4 is 11.1 Å². The van der Waals surface area contributed by atoms with Crippen LogP contribution in [0.5, 0.6) is 0 Å². The Hall–Kier alpha value is -1.26. The quantitative estimate of drug-likeness (QED) is 0.720. The van der Waals surface area contributed by atoms with Crippen LogP contribution in [0.25, 0.3) is 0 Å². The maximum Gasteiger partial charge on any atom is 0.318 e. The van der Waals surface area contributed by atoms with E-state index in [-0.39, 0.29) is 29.4 Å². The molecule has 0 aromatic carbocycles. The van der Waals surface area contributed by atoms with Crippen LogP contribution in [0.4, 0.5) is 4.79 Å². The molecule has 2 unspecified atom stereocenters. The van der Waals surface area contributed by atoms with Gasteiger partial charge in [-0.05, 0) is 40.5 Å². The summed E-state index contributed by atoms with van der Waals surface area (Å²) in [5.74, 6) is -0.526. The Balaban J connectivity index is 2.67. The first kappa shape index (κ1) is 13.8. The van der Waals surface area contributed by atoms with Gasteiger partial charge in [-0.3, -0.25) is 4.79 Å². The number of carbonyl (C=O) groups is 2. The molecule has 0 saturated carbocycles. The summed E-state index contributed by atoms with van der Waals surface area (Å²) >= 11 is 0. The second-order valence-corrected chi connectivity index (χ2v) is 5.86. The molecule has 3 amide bonds. The van der Waals surface area contributed by atoms with E-state index in [2.05, 4.69) is 5.32 Å². The summed E-state index contributed by atoms with van der Waals surface area (Å²) in [5, 5.41) is 2.91. The van der Waals surface area contributed by atoms with E-state index < -0.39 is 0 Å². The smallest absolute Gasteiger partial charge is 0.318 e. The molecule has 5 nitrogen and oxygen atoms in total. The van der Waals surface area contributed by atoms with Gasteiger partial charge in [-0.15, -0.1) is 0 Å². The molecule has 1 aliphatic rings. The molecule has 5 heteroatoms. The maximum absolute atomic E-state index is 12.1. The Morgan fingerprint density at radius 2 is 1.88 bits per heavy atom. The summed E-state index contributed by atoms with van der Waals surface area (Å²) < 4.78 is 0. The highest BCUT2D eigenvalue weighted by Gasteiger charge is 2.32. The second-order valence-electron chi connectivity index (χ2n) is 5.86. The Kier molecular flexibility index (Phi) is 4.01. The first-order valence-electron chi connectivity index (χ1n) is 6.09. The van der Waals surface area contributed by atoms with Crippen molar-refractivity contribution in [3.05, 3.63) is 0 Å². The lowest BCUT2D eigenvalue weighted by Crippen LogP contribution is -2.55. The van der Waals surface area contributed by atoms with Gasteiger partial charge in [-0.2, -0.15) is 0 Å². The van der Waals surface area contributed by atoms with Gasteiger partial charge in [0, 0.05) is 18.1 Å². The van der Waals surface area contributed by atoms with Gasteiger partial charge in [-0.25, -0.2) is 4.79 Å². The third kappa shape index (κ3) is 3.91. The van der Waals surface area contributed by atoms with Crippen molar-refractivity contribution in [2.75, 3.05) is 6.54 Å². The number of rotatable bonds is 1. The molecule has 3 N–H and O–H groups in total. The van der Waals surface area contributed by atoms with Crippen LogP contribution in [-0.4, -0.2) is 35.0 Å². The number of nitrogens with zero attached hydrogens (tertiary/aromatic N) is 1. The molecule has 1 saturated heterocycles. The molecule has 98 valence electrons. The van der Waals surface area contributed by atoms with E-state index in [0.29, 0.717) is 6.54 Å². The number of carbonyl (C=O) groups excluding carboxylic acids is 2. The largest absolute Gasteiger partial charge is 0.369 e. The fourth-order valence-corrected chi connectivity index (χ4v) is 2.01. The number of nitrogens with two attached hydrogens (primary N) is 1. The third-order valence-electron chi connectivity index (χ3n) is 3.03. The van der Waals surface area contributed by atoms with E-state index in [1.54, 1.807) is 4.90 Å². The van der Waals surface area contributed by atoms with E-state index in [0.717, 1.165) is 12.8 Å². The van der Waals surface area contributed by atoms with E-state index >= 15 is 0 Å². The fraction of sp³-hybridized carbons (Fsp3) is 0.833. The number of amides is 3. The van der Waals surface area contributed by atoms with Crippen molar-refractivity contribution in [2.45, 2.75) is 52.1 Å². The number of urea groups is 1. The minimum atomic E-state index is -0.314. The average Bonchev–Trinajstić information content (AvgIpc) is 2.14. The fourth-order valence-electron chi connectivity index (χ4n) is 2.01. The first-order valence-corrected chi connectivity index (χ1v) is 6.09. The Bertz CT molecular complexity index is 309. The van der Waals surface area contributed by atoms with Crippen molar-refractivity contribution in [3.8, 4) is 0 Å². The molecular formula is C12H23N3O2. The molecule has 17 heavy (non-hydrogen) atoms. The second kappa shape index (κ2) is 4.94. The molecule has 1 heterocycles. The van der Waals surface area contributed by atoms with Crippen LogP contribution in [0.2, 0.25) is 0 Å². The highest BCUT2D eigenvalue weighted by atomic mass is 16.2. The number of nitrogens with one attached hydrogen (secondary N) is 1. The molecule has 0 radical (unpaired) electrons. The summed E-state index contributed by atoms with van der Waals surface area (Å²) in [6.45, 7) is 8.24. The standard InChI is InChI=1S/C12H23N3O2/c1-8-5-6-9(10(13)16)7-15(8)11(17)14-12(2,3)4/h8-9H,5-7H2,1-4H3,(H2,13,16)(H,14,17). The Labute approximate surface area is 103 Å². The van der Waals surface area contributed by atoms with Crippen LogP contribution >= 0.6 is 0 Å². The molecule has 0 bridgehead atoms. The van der Waals surface area contributed by atoms with Crippen LogP contribution in [-0.2, 0) is 4.79 Å².